The molecule has 0 spiro atoms. The Hall–Kier alpha value is -0.490. The molecule has 0 saturated carbocycles. The first-order chi connectivity index (χ1) is 12.7. The van der Waals surface area contributed by atoms with E-state index < -0.39 is 78.4 Å². The van der Waals surface area contributed by atoms with E-state index in [1.54, 1.807) is 0 Å². The maximum absolute atomic E-state index is 10.9. The van der Waals surface area contributed by atoms with Crippen molar-refractivity contribution in [3.63, 3.8) is 0 Å². The second-order valence-electron chi connectivity index (χ2n) is 6.36. The predicted molar refractivity (Wildman–Crippen MR) is 80.5 cm³/mol. The molecule has 0 aromatic carbocycles. The van der Waals surface area contributed by atoms with Gasteiger partial charge >= 0.3 is 10.4 Å². The fraction of sp³-hybridized carbons (Fsp3) is 1.00. The minimum absolute atomic E-state index is 0.0789. The molecule has 0 aliphatic carbocycles. The number of aliphatic hydroxyl groups is 4. The van der Waals surface area contributed by atoms with Crippen LogP contribution in [-0.2, 0) is 38.3 Å². The minimum atomic E-state index is -4.98. The van der Waals surface area contributed by atoms with Gasteiger partial charge in [0.1, 0.15) is 48.8 Å². The highest BCUT2D eigenvalue weighted by atomic mass is 32.3. The number of ether oxygens (including phenoxy) is 5. The zero-order valence-corrected chi connectivity index (χ0v) is 14.9. The molecule has 14 heteroatoms. The molecule has 3 aliphatic heterocycles. The van der Waals surface area contributed by atoms with Gasteiger partial charge in [-0.05, 0) is 0 Å². The van der Waals surface area contributed by atoms with Crippen LogP contribution in [0.5, 0.6) is 0 Å². The lowest BCUT2D eigenvalue weighted by Crippen LogP contribution is -2.63. The van der Waals surface area contributed by atoms with E-state index in [1.165, 1.54) is 7.11 Å². The number of aliphatic hydroxyl groups excluding tert-OH is 4. The normalized spacial score (nSPS) is 47.9. The number of hydrogen-bond donors (Lipinski definition) is 5. The molecular weight excluding hydrogens is 396 g/mol. The molecule has 1 unspecified atom stereocenters. The van der Waals surface area contributed by atoms with Crippen LogP contribution < -0.4 is 0 Å². The average molecular weight is 418 g/mol. The van der Waals surface area contributed by atoms with Gasteiger partial charge in [0, 0.05) is 7.11 Å². The first-order valence-corrected chi connectivity index (χ1v) is 9.44. The number of hydrogen-bond acceptors (Lipinski definition) is 12. The van der Waals surface area contributed by atoms with E-state index in [1.807, 2.05) is 0 Å². The lowest BCUT2D eigenvalue weighted by atomic mass is 9.98. The van der Waals surface area contributed by atoms with Gasteiger partial charge in [-0.1, -0.05) is 0 Å². The zero-order valence-electron chi connectivity index (χ0n) is 14.1. The summed E-state index contributed by atoms with van der Waals surface area (Å²) in [5.74, 6) is 0. The van der Waals surface area contributed by atoms with Gasteiger partial charge in [-0.2, -0.15) is 8.42 Å². The Balaban J connectivity index is 1.71. The molecule has 2 bridgehead atoms. The third-order valence-corrected chi connectivity index (χ3v) is 5.11. The fourth-order valence-electron chi connectivity index (χ4n) is 3.36. The summed E-state index contributed by atoms with van der Waals surface area (Å²) in [6.45, 7) is -0.724. The van der Waals surface area contributed by atoms with Gasteiger partial charge in [-0.25, -0.2) is 4.18 Å². The topological polar surface area (TPSA) is 191 Å². The van der Waals surface area contributed by atoms with Crippen molar-refractivity contribution < 1.29 is 61.3 Å². The smallest absolute Gasteiger partial charge is 0.394 e. The van der Waals surface area contributed by atoms with Crippen molar-refractivity contribution in [1.82, 2.24) is 0 Å². The first kappa shape index (κ1) is 21.2. The number of fused-ring (bicyclic) bond motifs is 2. The lowest BCUT2D eigenvalue weighted by Gasteiger charge is -2.44. The predicted octanol–water partition coefficient (Wildman–Crippen LogP) is -3.87. The standard InChI is InChI=1S/C13H22O13S/c1-21-12-8(17)11-10(5(24-12)3-22-11)25-13-7(16)6(15)9(4(2-14)23-13)26-27(18,19)20/h4-17H,2-3H2,1H3,(H,18,19,20)/t4-,5+,6-,7-,8-,9+,10?,11+,12-,13+/m0/s1. The van der Waals surface area contributed by atoms with Gasteiger partial charge in [-0.15, -0.1) is 0 Å². The maximum atomic E-state index is 10.9. The van der Waals surface area contributed by atoms with Crippen molar-refractivity contribution in [1.29, 1.82) is 0 Å². The summed E-state index contributed by atoms with van der Waals surface area (Å²) in [5, 5.41) is 39.9. The number of methoxy groups -OCH3 is 1. The molecule has 0 radical (unpaired) electrons. The van der Waals surface area contributed by atoms with Crippen LogP contribution in [-0.4, -0.2) is 115 Å². The highest BCUT2D eigenvalue weighted by Crippen LogP contribution is 2.35. The highest BCUT2D eigenvalue weighted by Gasteiger charge is 2.55. The molecule has 3 saturated heterocycles. The average Bonchev–Trinajstić information content (AvgIpc) is 2.91. The number of rotatable bonds is 6. The van der Waals surface area contributed by atoms with Crippen LogP contribution in [0.25, 0.3) is 0 Å². The van der Waals surface area contributed by atoms with Gasteiger partial charge in [-0.3, -0.25) is 4.55 Å². The molecule has 3 fully saturated rings. The summed E-state index contributed by atoms with van der Waals surface area (Å²) in [5.41, 5.74) is 0. The van der Waals surface area contributed by atoms with E-state index in [4.69, 9.17) is 28.2 Å². The van der Waals surface area contributed by atoms with Crippen molar-refractivity contribution in [2.75, 3.05) is 20.3 Å². The lowest BCUT2D eigenvalue weighted by molar-refractivity contribution is -0.336. The Labute approximate surface area is 154 Å². The summed E-state index contributed by atoms with van der Waals surface area (Å²) >= 11 is 0. The molecule has 0 aromatic heterocycles. The van der Waals surface area contributed by atoms with Crippen LogP contribution in [0, 0.1) is 0 Å². The second kappa shape index (κ2) is 8.10. The summed E-state index contributed by atoms with van der Waals surface area (Å²) in [4.78, 5) is 0. The summed E-state index contributed by atoms with van der Waals surface area (Å²) in [7, 11) is -3.63. The Morgan fingerprint density at radius 3 is 2.33 bits per heavy atom. The van der Waals surface area contributed by atoms with E-state index in [-0.39, 0.29) is 6.61 Å². The quantitative estimate of drug-likeness (QED) is 0.264. The van der Waals surface area contributed by atoms with Crippen LogP contribution in [0.1, 0.15) is 0 Å². The molecule has 0 amide bonds. The van der Waals surface area contributed by atoms with E-state index in [2.05, 4.69) is 4.18 Å². The molecule has 3 rings (SSSR count). The van der Waals surface area contributed by atoms with Crippen molar-refractivity contribution in [3.8, 4) is 0 Å². The van der Waals surface area contributed by atoms with E-state index in [9.17, 15) is 28.8 Å². The zero-order chi connectivity index (χ0) is 19.9. The fourth-order valence-corrected chi connectivity index (χ4v) is 3.88. The largest absolute Gasteiger partial charge is 0.397 e. The van der Waals surface area contributed by atoms with E-state index in [0.717, 1.165) is 0 Å². The van der Waals surface area contributed by atoms with Crippen molar-refractivity contribution >= 4 is 10.4 Å². The van der Waals surface area contributed by atoms with Crippen LogP contribution in [0.15, 0.2) is 0 Å². The molecule has 5 N–H and O–H groups in total. The van der Waals surface area contributed by atoms with Gasteiger partial charge < -0.3 is 44.1 Å². The SMILES string of the molecule is CO[C@H]1O[C@@H]2CO[C@@H](C2O[C@H]2O[C@@H](CO)[C@@H](OS(=O)(=O)O)[C@@H](O)[C@@H]2O)[C@@H]1O. The Morgan fingerprint density at radius 2 is 1.74 bits per heavy atom. The summed E-state index contributed by atoms with van der Waals surface area (Å²) < 4.78 is 61.6. The molecule has 10 atom stereocenters. The second-order valence-corrected chi connectivity index (χ2v) is 7.41. The molecular formula is C13H22O13S. The molecule has 13 nitrogen and oxygen atoms in total. The Morgan fingerprint density at radius 1 is 1.04 bits per heavy atom. The molecule has 27 heavy (non-hydrogen) atoms. The highest BCUT2D eigenvalue weighted by molar-refractivity contribution is 7.80. The van der Waals surface area contributed by atoms with E-state index in [0.29, 0.717) is 0 Å². The van der Waals surface area contributed by atoms with Crippen LogP contribution >= 0.6 is 0 Å². The first-order valence-electron chi connectivity index (χ1n) is 8.07. The Bertz CT molecular complexity index is 611. The molecule has 158 valence electrons. The monoisotopic (exact) mass is 418 g/mol. The van der Waals surface area contributed by atoms with Gasteiger partial charge in [0.25, 0.3) is 0 Å². The Kier molecular flexibility index (Phi) is 6.36. The summed E-state index contributed by atoms with van der Waals surface area (Å²) in [6, 6.07) is 0. The molecule has 0 aromatic rings. The maximum Gasteiger partial charge on any atom is 0.397 e. The van der Waals surface area contributed by atoms with Gasteiger partial charge in [0.15, 0.2) is 12.6 Å². The minimum Gasteiger partial charge on any atom is -0.394 e. The van der Waals surface area contributed by atoms with Crippen molar-refractivity contribution in [3.05, 3.63) is 0 Å². The van der Waals surface area contributed by atoms with E-state index >= 15 is 0 Å². The van der Waals surface area contributed by atoms with Crippen molar-refractivity contribution in [2.45, 2.75) is 61.4 Å². The molecule has 3 aliphatic rings. The van der Waals surface area contributed by atoms with Crippen LogP contribution in [0.4, 0.5) is 0 Å². The summed E-state index contributed by atoms with van der Waals surface area (Å²) in [6.07, 6.45) is -12.9. The van der Waals surface area contributed by atoms with Gasteiger partial charge in [0.2, 0.25) is 0 Å². The van der Waals surface area contributed by atoms with Gasteiger partial charge in [0.05, 0.1) is 13.2 Å². The van der Waals surface area contributed by atoms with Crippen molar-refractivity contribution in [2.24, 2.45) is 0 Å². The van der Waals surface area contributed by atoms with Crippen LogP contribution in [0.2, 0.25) is 0 Å². The molecule has 3 heterocycles. The van der Waals surface area contributed by atoms with Crippen LogP contribution in [0.3, 0.4) is 0 Å². The third kappa shape index (κ3) is 4.26. The third-order valence-electron chi connectivity index (χ3n) is 4.64.